The monoisotopic (exact) mass is 526 g/mol. The highest BCUT2D eigenvalue weighted by molar-refractivity contribution is 5.91. The summed E-state index contributed by atoms with van der Waals surface area (Å²) in [5.74, 6) is 1.13. The first-order valence-corrected chi connectivity index (χ1v) is 14.4. The number of aliphatic hydroxyl groups is 1. The van der Waals surface area contributed by atoms with Crippen molar-refractivity contribution in [3.63, 3.8) is 0 Å². The highest BCUT2D eigenvalue weighted by Crippen LogP contribution is 2.32. The summed E-state index contributed by atoms with van der Waals surface area (Å²) < 4.78 is 7.58. The molecular weight excluding hydrogens is 488 g/mol. The number of morpholine rings is 1. The Labute approximate surface area is 230 Å². The number of fused-ring (bicyclic) bond motifs is 1. The van der Waals surface area contributed by atoms with Crippen LogP contribution in [-0.4, -0.2) is 63.8 Å². The summed E-state index contributed by atoms with van der Waals surface area (Å²) in [6.07, 6.45) is 7.55. The van der Waals surface area contributed by atoms with Crippen LogP contribution in [0, 0.1) is 5.92 Å². The molecular formula is C31H38N6O2. The number of nitrogens with one attached hydrogen (secondary N) is 1. The number of benzene rings is 2. The Bertz CT molecular complexity index is 1340. The van der Waals surface area contributed by atoms with Gasteiger partial charge in [-0.15, -0.1) is 0 Å². The molecule has 2 aliphatic rings. The van der Waals surface area contributed by atoms with Gasteiger partial charge in [0.1, 0.15) is 5.69 Å². The standard InChI is InChI=1S/C31H38N6O2/c38-27-14-8-24(9-15-27)22-37-30-28(21-33-31(34-30)32-16-4-7-23-5-2-1-3-6-23)29(35-37)25-10-12-26(13-11-25)36-17-19-39-20-18-36/h1-3,5-6,10-13,21,24,27,38H,4,7-9,14-20,22H2,(H,32,33,34)/t24-,27+. The predicted molar refractivity (Wildman–Crippen MR) is 155 cm³/mol. The third-order valence-corrected chi connectivity index (χ3v) is 8.02. The molecule has 1 aliphatic carbocycles. The maximum atomic E-state index is 9.98. The van der Waals surface area contributed by atoms with Crippen molar-refractivity contribution in [2.24, 2.45) is 5.92 Å². The van der Waals surface area contributed by atoms with Gasteiger partial charge in [0.2, 0.25) is 5.95 Å². The quantitative estimate of drug-likeness (QED) is 0.299. The second-order valence-electron chi connectivity index (χ2n) is 10.8. The molecule has 1 aliphatic heterocycles. The van der Waals surface area contributed by atoms with Crippen molar-refractivity contribution in [1.82, 2.24) is 19.7 Å². The van der Waals surface area contributed by atoms with Crippen molar-refractivity contribution in [2.75, 3.05) is 43.1 Å². The first-order valence-electron chi connectivity index (χ1n) is 14.4. The molecule has 6 rings (SSSR count). The highest BCUT2D eigenvalue weighted by Gasteiger charge is 2.23. The Morgan fingerprint density at radius 2 is 1.72 bits per heavy atom. The lowest BCUT2D eigenvalue weighted by Gasteiger charge is -2.28. The van der Waals surface area contributed by atoms with Crippen molar-refractivity contribution in [3.8, 4) is 11.3 Å². The van der Waals surface area contributed by atoms with Gasteiger partial charge in [0.15, 0.2) is 5.65 Å². The SMILES string of the molecule is O[C@H]1CC[C@@H](Cn2nc(-c3ccc(N4CCOCC4)cc3)c3cnc(NCCCc4ccccc4)nc32)CC1. The first-order chi connectivity index (χ1) is 19.2. The summed E-state index contributed by atoms with van der Waals surface area (Å²) >= 11 is 0. The van der Waals surface area contributed by atoms with E-state index in [-0.39, 0.29) is 6.10 Å². The lowest BCUT2D eigenvalue weighted by atomic mass is 9.87. The number of aromatic nitrogens is 4. The fourth-order valence-corrected chi connectivity index (χ4v) is 5.75. The molecule has 0 unspecified atom stereocenters. The van der Waals surface area contributed by atoms with Gasteiger partial charge in [-0.25, -0.2) is 9.67 Å². The molecule has 204 valence electrons. The molecule has 1 saturated heterocycles. The number of aryl methyl sites for hydroxylation is 1. The van der Waals surface area contributed by atoms with Gasteiger partial charge in [0, 0.05) is 43.6 Å². The molecule has 0 bridgehead atoms. The fourth-order valence-electron chi connectivity index (χ4n) is 5.75. The van der Waals surface area contributed by atoms with E-state index >= 15 is 0 Å². The third-order valence-electron chi connectivity index (χ3n) is 8.02. The van der Waals surface area contributed by atoms with E-state index < -0.39 is 0 Å². The number of rotatable bonds is 9. The van der Waals surface area contributed by atoms with Gasteiger partial charge in [0.05, 0.1) is 24.7 Å². The second-order valence-corrected chi connectivity index (χ2v) is 10.8. The summed E-state index contributed by atoms with van der Waals surface area (Å²) in [5.41, 5.74) is 5.42. The van der Waals surface area contributed by atoms with Gasteiger partial charge in [-0.1, -0.05) is 42.5 Å². The first kappa shape index (κ1) is 25.8. The number of hydrogen-bond acceptors (Lipinski definition) is 7. The smallest absolute Gasteiger partial charge is 0.224 e. The number of anilines is 2. The van der Waals surface area contributed by atoms with Crippen LogP contribution in [0.2, 0.25) is 0 Å². The Morgan fingerprint density at radius 3 is 2.49 bits per heavy atom. The summed E-state index contributed by atoms with van der Waals surface area (Å²) in [6.45, 7) is 5.00. The lowest BCUT2D eigenvalue weighted by molar-refractivity contribution is 0.103. The fraction of sp³-hybridized carbons (Fsp3) is 0.452. The third kappa shape index (κ3) is 6.23. The summed E-state index contributed by atoms with van der Waals surface area (Å²) in [7, 11) is 0. The molecule has 39 heavy (non-hydrogen) atoms. The van der Waals surface area contributed by atoms with E-state index in [2.05, 4.69) is 74.5 Å². The number of nitrogens with zero attached hydrogens (tertiary/aromatic N) is 5. The van der Waals surface area contributed by atoms with Gasteiger partial charge in [0.25, 0.3) is 0 Å². The highest BCUT2D eigenvalue weighted by atomic mass is 16.5. The van der Waals surface area contributed by atoms with Crippen LogP contribution in [0.3, 0.4) is 0 Å². The Hall–Kier alpha value is -3.49. The van der Waals surface area contributed by atoms with E-state index in [0.29, 0.717) is 11.9 Å². The van der Waals surface area contributed by atoms with Crippen molar-refractivity contribution in [1.29, 1.82) is 0 Å². The molecule has 8 nitrogen and oxygen atoms in total. The van der Waals surface area contributed by atoms with E-state index in [0.717, 1.165) is 100 Å². The van der Waals surface area contributed by atoms with Gasteiger partial charge < -0.3 is 20.1 Å². The molecule has 0 atom stereocenters. The van der Waals surface area contributed by atoms with Crippen LogP contribution in [0.4, 0.5) is 11.6 Å². The zero-order chi connectivity index (χ0) is 26.4. The predicted octanol–water partition coefficient (Wildman–Crippen LogP) is 4.93. The van der Waals surface area contributed by atoms with Crippen molar-refractivity contribution in [2.45, 2.75) is 51.2 Å². The zero-order valence-corrected chi connectivity index (χ0v) is 22.5. The summed E-state index contributed by atoms with van der Waals surface area (Å²) in [4.78, 5) is 12.0. The second kappa shape index (κ2) is 12.1. The average Bonchev–Trinajstić information content (AvgIpc) is 3.35. The van der Waals surface area contributed by atoms with Gasteiger partial charge >= 0.3 is 0 Å². The molecule has 0 radical (unpaired) electrons. The summed E-state index contributed by atoms with van der Waals surface area (Å²) in [5, 5.41) is 19.5. The van der Waals surface area contributed by atoms with Crippen molar-refractivity contribution >= 4 is 22.7 Å². The number of aliphatic hydroxyl groups excluding tert-OH is 1. The maximum absolute atomic E-state index is 9.98. The van der Waals surface area contributed by atoms with Gasteiger partial charge in [-0.2, -0.15) is 10.1 Å². The van der Waals surface area contributed by atoms with Crippen LogP contribution in [0.5, 0.6) is 0 Å². The Kier molecular flexibility index (Phi) is 8.02. The Balaban J connectivity index is 1.22. The van der Waals surface area contributed by atoms with Crippen LogP contribution >= 0.6 is 0 Å². The van der Waals surface area contributed by atoms with E-state index in [1.807, 2.05) is 6.20 Å². The molecule has 4 aromatic rings. The largest absolute Gasteiger partial charge is 0.393 e. The average molecular weight is 527 g/mol. The minimum absolute atomic E-state index is 0.162. The van der Waals surface area contributed by atoms with Gasteiger partial charge in [-0.3, -0.25) is 0 Å². The van der Waals surface area contributed by atoms with E-state index in [4.69, 9.17) is 14.8 Å². The van der Waals surface area contributed by atoms with Gasteiger partial charge in [-0.05, 0) is 62.1 Å². The lowest BCUT2D eigenvalue weighted by Crippen LogP contribution is -2.36. The molecule has 0 amide bonds. The van der Waals surface area contributed by atoms with E-state index in [9.17, 15) is 5.11 Å². The zero-order valence-electron chi connectivity index (χ0n) is 22.5. The molecule has 0 spiro atoms. The maximum Gasteiger partial charge on any atom is 0.224 e. The Morgan fingerprint density at radius 1 is 0.949 bits per heavy atom. The normalized spacial score (nSPS) is 19.9. The molecule has 2 N–H and O–H groups in total. The number of ether oxygens (including phenoxy) is 1. The topological polar surface area (TPSA) is 88.3 Å². The molecule has 2 aromatic carbocycles. The van der Waals surface area contributed by atoms with Crippen molar-refractivity contribution < 1.29 is 9.84 Å². The van der Waals surface area contributed by atoms with Crippen molar-refractivity contribution in [3.05, 3.63) is 66.4 Å². The molecule has 3 heterocycles. The van der Waals surface area contributed by atoms with Crippen LogP contribution < -0.4 is 10.2 Å². The number of hydrogen-bond donors (Lipinski definition) is 2. The van der Waals surface area contributed by atoms with Crippen LogP contribution in [0.15, 0.2) is 60.8 Å². The molecule has 8 heteroatoms. The summed E-state index contributed by atoms with van der Waals surface area (Å²) in [6, 6.07) is 19.2. The van der Waals surface area contributed by atoms with Crippen LogP contribution in [-0.2, 0) is 17.7 Å². The molecule has 2 aromatic heterocycles. The minimum Gasteiger partial charge on any atom is -0.393 e. The minimum atomic E-state index is -0.162. The molecule has 2 fully saturated rings. The van der Waals surface area contributed by atoms with Crippen LogP contribution in [0.1, 0.15) is 37.7 Å². The van der Waals surface area contributed by atoms with E-state index in [1.165, 1.54) is 11.3 Å². The van der Waals surface area contributed by atoms with Crippen LogP contribution in [0.25, 0.3) is 22.3 Å². The van der Waals surface area contributed by atoms with E-state index in [1.54, 1.807) is 0 Å². The molecule has 1 saturated carbocycles.